The number of halogens is 2. The highest BCUT2D eigenvalue weighted by Gasteiger charge is 2.36. The van der Waals surface area contributed by atoms with Crippen molar-refractivity contribution in [1.82, 2.24) is 10.6 Å². The van der Waals surface area contributed by atoms with Crippen LogP contribution in [0, 0.1) is 11.6 Å². The summed E-state index contributed by atoms with van der Waals surface area (Å²) in [4.78, 5) is 11.8. The monoisotopic (exact) mass is 484 g/mol. The van der Waals surface area contributed by atoms with Crippen LogP contribution >= 0.6 is 0 Å². The van der Waals surface area contributed by atoms with Crippen molar-refractivity contribution in [1.29, 1.82) is 0 Å². The first-order chi connectivity index (χ1) is 16.4. The van der Waals surface area contributed by atoms with Gasteiger partial charge in [0.15, 0.2) is 0 Å². The van der Waals surface area contributed by atoms with Crippen LogP contribution in [0.1, 0.15) is 70.1 Å². The SMILES string of the molecule is C=C1CCC(NCC(O)C(Cc2cc(F)cc(F)c2)NC(C)=O)(c2cccc(C(C)(C)C)c2)CC1. The van der Waals surface area contributed by atoms with Gasteiger partial charge in [-0.05, 0) is 66.3 Å². The van der Waals surface area contributed by atoms with E-state index in [1.165, 1.54) is 35.8 Å². The minimum absolute atomic E-state index is 0.00567. The molecule has 0 bridgehead atoms. The normalized spacial score (nSPS) is 17.6. The second kappa shape index (κ2) is 11.0. The molecule has 35 heavy (non-hydrogen) atoms. The highest BCUT2D eigenvalue weighted by Crippen LogP contribution is 2.40. The lowest BCUT2D eigenvalue weighted by atomic mass is 9.73. The topological polar surface area (TPSA) is 61.4 Å². The number of nitrogens with one attached hydrogen (secondary N) is 2. The summed E-state index contributed by atoms with van der Waals surface area (Å²) in [6, 6.07) is 11.2. The van der Waals surface area contributed by atoms with Crippen LogP contribution in [0.25, 0.3) is 0 Å². The van der Waals surface area contributed by atoms with Crippen LogP contribution in [0.15, 0.2) is 54.6 Å². The van der Waals surface area contributed by atoms with Crippen LogP contribution in [0.2, 0.25) is 0 Å². The molecular weight excluding hydrogens is 446 g/mol. The molecule has 1 saturated carbocycles. The Bertz CT molecular complexity index is 1030. The molecule has 0 radical (unpaired) electrons. The second-order valence-electron chi connectivity index (χ2n) is 10.9. The molecule has 1 aliphatic carbocycles. The lowest BCUT2D eigenvalue weighted by Crippen LogP contribution is -2.53. The molecule has 2 atom stereocenters. The van der Waals surface area contributed by atoms with Crippen LogP contribution in [-0.4, -0.2) is 29.7 Å². The first-order valence-electron chi connectivity index (χ1n) is 12.3. The van der Waals surface area contributed by atoms with Gasteiger partial charge < -0.3 is 15.7 Å². The highest BCUT2D eigenvalue weighted by atomic mass is 19.1. The van der Waals surface area contributed by atoms with Crippen molar-refractivity contribution in [2.75, 3.05) is 6.54 Å². The van der Waals surface area contributed by atoms with Gasteiger partial charge in [0.05, 0.1) is 12.1 Å². The molecule has 2 aromatic carbocycles. The van der Waals surface area contributed by atoms with Crippen molar-refractivity contribution in [2.45, 2.75) is 82.9 Å². The Morgan fingerprint density at radius 1 is 1.11 bits per heavy atom. The summed E-state index contributed by atoms with van der Waals surface area (Å²) in [6.45, 7) is 12.3. The lowest BCUT2D eigenvalue weighted by molar-refractivity contribution is -0.120. The smallest absolute Gasteiger partial charge is 0.217 e. The highest BCUT2D eigenvalue weighted by molar-refractivity contribution is 5.73. The molecular formula is C29H38F2N2O2. The number of aliphatic hydroxyl groups is 1. The standard InChI is InChI=1S/C29H38F2N2O2/c1-19-9-11-29(12-10-19,23-8-6-7-22(16-23)28(3,4)5)32-18-27(35)26(33-20(2)34)15-21-13-24(30)17-25(31)14-21/h6-8,13-14,16-17,26-27,32,35H,1,9-12,15,18H2,2-5H3,(H,33,34). The maximum atomic E-state index is 13.7. The minimum Gasteiger partial charge on any atom is -0.390 e. The zero-order chi connectivity index (χ0) is 25.8. The van der Waals surface area contributed by atoms with E-state index in [1.54, 1.807) is 0 Å². The van der Waals surface area contributed by atoms with Crippen LogP contribution in [-0.2, 0) is 22.2 Å². The summed E-state index contributed by atoms with van der Waals surface area (Å²) in [6.07, 6.45) is 2.64. The van der Waals surface area contributed by atoms with Gasteiger partial charge in [-0.2, -0.15) is 0 Å². The molecule has 3 rings (SSSR count). The summed E-state index contributed by atoms with van der Waals surface area (Å²) < 4.78 is 27.4. The second-order valence-corrected chi connectivity index (χ2v) is 10.9. The Balaban J connectivity index is 1.83. The number of carbonyl (C=O) groups is 1. The van der Waals surface area contributed by atoms with Gasteiger partial charge in [0, 0.05) is 25.1 Å². The Kier molecular flexibility index (Phi) is 8.50. The van der Waals surface area contributed by atoms with Crippen LogP contribution in [0.5, 0.6) is 0 Å². The van der Waals surface area contributed by atoms with Crippen molar-refractivity contribution in [3.8, 4) is 0 Å². The zero-order valence-corrected chi connectivity index (χ0v) is 21.3. The van der Waals surface area contributed by atoms with E-state index >= 15 is 0 Å². The Hall–Kier alpha value is -2.57. The number of carbonyl (C=O) groups excluding carboxylic acids is 1. The summed E-state index contributed by atoms with van der Waals surface area (Å²) in [5.41, 5.74) is 3.68. The number of rotatable bonds is 8. The Labute approximate surface area is 207 Å². The first-order valence-corrected chi connectivity index (χ1v) is 12.3. The average Bonchev–Trinajstić information content (AvgIpc) is 2.77. The molecule has 0 aliphatic heterocycles. The lowest BCUT2D eigenvalue weighted by Gasteiger charge is -2.41. The number of amides is 1. The van der Waals surface area contributed by atoms with Crippen molar-refractivity contribution < 1.29 is 18.7 Å². The molecule has 190 valence electrons. The molecule has 0 aromatic heterocycles. The fraction of sp³-hybridized carbons (Fsp3) is 0.483. The van der Waals surface area contributed by atoms with Crippen LogP contribution in [0.3, 0.4) is 0 Å². The van der Waals surface area contributed by atoms with E-state index in [0.29, 0.717) is 5.56 Å². The van der Waals surface area contributed by atoms with Gasteiger partial charge in [0.2, 0.25) is 5.91 Å². The van der Waals surface area contributed by atoms with Crippen molar-refractivity contribution >= 4 is 5.91 Å². The third kappa shape index (κ3) is 7.21. The number of aliphatic hydroxyl groups excluding tert-OH is 1. The van der Waals surface area contributed by atoms with Crippen LogP contribution in [0.4, 0.5) is 8.78 Å². The number of allylic oxidation sites excluding steroid dienone is 1. The van der Waals surface area contributed by atoms with Gasteiger partial charge in [-0.1, -0.05) is 57.2 Å². The summed E-state index contributed by atoms with van der Waals surface area (Å²) in [5, 5.41) is 17.5. The Morgan fingerprint density at radius 2 is 1.74 bits per heavy atom. The Morgan fingerprint density at radius 3 is 2.31 bits per heavy atom. The molecule has 0 saturated heterocycles. The van der Waals surface area contributed by atoms with E-state index in [9.17, 15) is 18.7 Å². The van der Waals surface area contributed by atoms with E-state index in [2.05, 4.69) is 62.2 Å². The van der Waals surface area contributed by atoms with Gasteiger partial charge in [-0.15, -0.1) is 0 Å². The van der Waals surface area contributed by atoms with Gasteiger partial charge in [0.25, 0.3) is 0 Å². The van der Waals surface area contributed by atoms with E-state index in [4.69, 9.17) is 0 Å². The number of benzene rings is 2. The molecule has 1 fully saturated rings. The molecule has 4 nitrogen and oxygen atoms in total. The van der Waals surface area contributed by atoms with Gasteiger partial charge >= 0.3 is 0 Å². The van der Waals surface area contributed by atoms with Crippen LogP contribution < -0.4 is 10.6 Å². The van der Waals surface area contributed by atoms with E-state index in [0.717, 1.165) is 31.7 Å². The van der Waals surface area contributed by atoms with Gasteiger partial charge in [-0.25, -0.2) is 8.78 Å². The van der Waals surface area contributed by atoms with Crippen molar-refractivity contribution in [3.63, 3.8) is 0 Å². The fourth-order valence-corrected chi connectivity index (χ4v) is 4.85. The molecule has 1 aliphatic rings. The predicted molar refractivity (Wildman–Crippen MR) is 136 cm³/mol. The molecule has 2 aromatic rings. The minimum atomic E-state index is -0.960. The largest absolute Gasteiger partial charge is 0.390 e. The average molecular weight is 485 g/mol. The molecule has 3 N–H and O–H groups in total. The zero-order valence-electron chi connectivity index (χ0n) is 21.3. The molecule has 6 heteroatoms. The first kappa shape index (κ1) is 27.0. The number of hydrogen-bond acceptors (Lipinski definition) is 3. The summed E-state index contributed by atoms with van der Waals surface area (Å²) in [7, 11) is 0. The van der Waals surface area contributed by atoms with E-state index in [1.807, 2.05) is 0 Å². The van der Waals surface area contributed by atoms with E-state index in [-0.39, 0.29) is 29.8 Å². The van der Waals surface area contributed by atoms with Crippen molar-refractivity contribution in [3.05, 3.63) is 82.9 Å². The summed E-state index contributed by atoms with van der Waals surface area (Å²) in [5.74, 6) is -1.68. The third-order valence-corrected chi connectivity index (χ3v) is 6.97. The predicted octanol–water partition coefficient (Wildman–Crippen LogP) is 5.29. The maximum Gasteiger partial charge on any atom is 0.217 e. The van der Waals surface area contributed by atoms with E-state index < -0.39 is 23.8 Å². The number of hydrogen-bond donors (Lipinski definition) is 3. The maximum absolute atomic E-state index is 13.7. The quantitative estimate of drug-likeness (QED) is 0.447. The van der Waals surface area contributed by atoms with Gasteiger partial charge in [-0.3, -0.25) is 4.79 Å². The molecule has 0 heterocycles. The summed E-state index contributed by atoms with van der Waals surface area (Å²) >= 11 is 0. The molecule has 1 amide bonds. The fourth-order valence-electron chi connectivity index (χ4n) is 4.85. The molecule has 0 spiro atoms. The third-order valence-electron chi connectivity index (χ3n) is 6.97. The molecule has 2 unspecified atom stereocenters. The van der Waals surface area contributed by atoms with Crippen molar-refractivity contribution in [2.24, 2.45) is 0 Å². The van der Waals surface area contributed by atoms with Gasteiger partial charge in [0.1, 0.15) is 11.6 Å².